The average Bonchev–Trinajstić information content (AvgIpc) is 2.35. The van der Waals surface area contributed by atoms with Crippen molar-refractivity contribution in [2.75, 3.05) is 13.6 Å². The van der Waals surface area contributed by atoms with Gasteiger partial charge in [0.15, 0.2) is 0 Å². The van der Waals surface area contributed by atoms with Gasteiger partial charge in [-0.1, -0.05) is 0 Å². The number of nitrogens with zero attached hydrogens (tertiary/aromatic N) is 4. The first-order chi connectivity index (χ1) is 7.69. The molecule has 1 aromatic rings. The van der Waals surface area contributed by atoms with E-state index in [0.29, 0.717) is 18.5 Å². The summed E-state index contributed by atoms with van der Waals surface area (Å²) >= 11 is 0. The van der Waals surface area contributed by atoms with Crippen LogP contribution in [0.1, 0.15) is 22.5 Å². The minimum absolute atomic E-state index is 0.250. The summed E-state index contributed by atoms with van der Waals surface area (Å²) in [5.41, 5.74) is 0.690. The number of pyridine rings is 1. The maximum atomic E-state index is 11.7. The molecule has 1 rings (SSSR count). The van der Waals surface area contributed by atoms with Gasteiger partial charge in [-0.15, -0.1) is 0 Å². The van der Waals surface area contributed by atoms with Gasteiger partial charge in [0.2, 0.25) is 0 Å². The van der Waals surface area contributed by atoms with Gasteiger partial charge >= 0.3 is 0 Å². The van der Waals surface area contributed by atoms with E-state index < -0.39 is 0 Å². The zero-order chi connectivity index (χ0) is 12.0. The molecule has 0 aliphatic carbocycles. The highest BCUT2D eigenvalue weighted by molar-refractivity contribution is 5.92. The first-order valence-electron chi connectivity index (χ1n) is 4.67. The van der Waals surface area contributed by atoms with E-state index in [1.54, 1.807) is 13.1 Å². The first kappa shape index (κ1) is 11.7. The second-order valence-corrected chi connectivity index (χ2v) is 3.18. The molecule has 0 saturated carbocycles. The van der Waals surface area contributed by atoms with Gasteiger partial charge in [0.05, 0.1) is 18.1 Å². The van der Waals surface area contributed by atoms with Crippen LogP contribution in [0.4, 0.5) is 0 Å². The lowest BCUT2D eigenvalue weighted by Gasteiger charge is -2.14. The fourth-order valence-electron chi connectivity index (χ4n) is 1.10. The molecule has 1 aromatic heterocycles. The minimum Gasteiger partial charge on any atom is -0.339 e. The zero-order valence-corrected chi connectivity index (χ0v) is 8.84. The summed E-state index contributed by atoms with van der Waals surface area (Å²) in [5.74, 6) is -0.250. The maximum Gasteiger partial charge on any atom is 0.272 e. The number of nitriles is 2. The third-order valence-corrected chi connectivity index (χ3v) is 2.02. The first-order valence-corrected chi connectivity index (χ1v) is 4.67. The molecular formula is C11H10N4O. The molecule has 0 spiro atoms. The molecule has 0 aliphatic rings. The Morgan fingerprint density at radius 3 is 2.75 bits per heavy atom. The van der Waals surface area contributed by atoms with Crippen molar-refractivity contribution in [3.63, 3.8) is 0 Å². The molecule has 0 radical (unpaired) electrons. The van der Waals surface area contributed by atoms with Gasteiger partial charge in [0, 0.05) is 19.8 Å². The van der Waals surface area contributed by atoms with Crippen molar-refractivity contribution < 1.29 is 4.79 Å². The highest BCUT2D eigenvalue weighted by Crippen LogP contribution is 2.02. The molecule has 1 amide bonds. The molecule has 80 valence electrons. The number of carbonyl (C=O) groups excluding carboxylic acids is 1. The Bertz CT molecular complexity index is 452. The third-order valence-electron chi connectivity index (χ3n) is 2.02. The van der Waals surface area contributed by atoms with Gasteiger partial charge in [-0.2, -0.15) is 10.5 Å². The minimum atomic E-state index is -0.250. The van der Waals surface area contributed by atoms with E-state index in [9.17, 15) is 4.79 Å². The lowest BCUT2D eigenvalue weighted by atomic mass is 10.2. The quantitative estimate of drug-likeness (QED) is 0.749. The van der Waals surface area contributed by atoms with Gasteiger partial charge < -0.3 is 4.90 Å². The maximum absolute atomic E-state index is 11.7. The predicted octanol–water partition coefficient (Wildman–Crippen LogP) is 0.939. The third kappa shape index (κ3) is 2.79. The number of amides is 1. The van der Waals surface area contributed by atoms with E-state index >= 15 is 0 Å². The second kappa shape index (κ2) is 5.47. The Balaban J connectivity index is 2.74. The van der Waals surface area contributed by atoms with Crippen LogP contribution in [-0.2, 0) is 0 Å². The fourth-order valence-corrected chi connectivity index (χ4v) is 1.10. The van der Waals surface area contributed by atoms with E-state index in [1.807, 2.05) is 12.1 Å². The van der Waals surface area contributed by atoms with Gasteiger partial charge in [-0.25, -0.2) is 4.98 Å². The molecule has 1 heterocycles. The van der Waals surface area contributed by atoms with E-state index in [4.69, 9.17) is 10.5 Å². The van der Waals surface area contributed by atoms with E-state index in [1.165, 1.54) is 17.2 Å². The summed E-state index contributed by atoms with van der Waals surface area (Å²) in [6.45, 7) is 0.372. The Morgan fingerprint density at radius 2 is 2.25 bits per heavy atom. The van der Waals surface area contributed by atoms with Crippen molar-refractivity contribution in [3.05, 3.63) is 29.6 Å². The van der Waals surface area contributed by atoms with Crippen LogP contribution < -0.4 is 0 Å². The molecular weight excluding hydrogens is 204 g/mol. The highest BCUT2D eigenvalue weighted by Gasteiger charge is 2.12. The molecule has 0 aromatic carbocycles. The Labute approximate surface area is 93.5 Å². The molecule has 0 aliphatic heterocycles. The fraction of sp³-hybridized carbons (Fsp3) is 0.273. The lowest BCUT2D eigenvalue weighted by molar-refractivity contribution is 0.0792. The van der Waals surface area contributed by atoms with Crippen LogP contribution in [0.3, 0.4) is 0 Å². The summed E-state index contributed by atoms with van der Waals surface area (Å²) in [5, 5.41) is 17.0. The van der Waals surface area contributed by atoms with Gasteiger partial charge in [0.1, 0.15) is 11.8 Å². The SMILES string of the molecule is CN(CCC#N)C(=O)c1ccc(C#N)cn1. The van der Waals surface area contributed by atoms with Crippen molar-refractivity contribution in [1.29, 1.82) is 10.5 Å². The van der Waals surface area contributed by atoms with Crippen LogP contribution in [0, 0.1) is 22.7 Å². The molecule has 16 heavy (non-hydrogen) atoms. The molecule has 0 atom stereocenters. The van der Waals surface area contributed by atoms with E-state index in [2.05, 4.69) is 4.98 Å². The van der Waals surface area contributed by atoms with Crippen LogP contribution in [0.15, 0.2) is 18.3 Å². The Kier molecular flexibility index (Phi) is 3.99. The number of rotatable bonds is 3. The lowest BCUT2D eigenvalue weighted by Crippen LogP contribution is -2.28. The van der Waals surface area contributed by atoms with Crippen LogP contribution in [0.25, 0.3) is 0 Å². The summed E-state index contributed by atoms with van der Waals surface area (Å²) in [4.78, 5) is 17.0. The van der Waals surface area contributed by atoms with E-state index in [-0.39, 0.29) is 11.6 Å². The van der Waals surface area contributed by atoms with Crippen LogP contribution in [-0.4, -0.2) is 29.4 Å². The van der Waals surface area contributed by atoms with Gasteiger partial charge in [-0.05, 0) is 12.1 Å². The summed E-state index contributed by atoms with van der Waals surface area (Å²) in [6.07, 6.45) is 1.64. The molecule has 5 nitrogen and oxygen atoms in total. The summed E-state index contributed by atoms with van der Waals surface area (Å²) < 4.78 is 0. The summed E-state index contributed by atoms with van der Waals surface area (Å²) in [6, 6.07) is 6.94. The molecule has 0 unspecified atom stereocenters. The van der Waals surface area contributed by atoms with Crippen LogP contribution >= 0.6 is 0 Å². The Hall–Kier alpha value is -2.40. The second-order valence-electron chi connectivity index (χ2n) is 3.18. The number of hydrogen-bond acceptors (Lipinski definition) is 4. The molecule has 0 saturated heterocycles. The average molecular weight is 214 g/mol. The molecule has 5 heteroatoms. The van der Waals surface area contributed by atoms with Crippen molar-refractivity contribution in [1.82, 2.24) is 9.88 Å². The van der Waals surface area contributed by atoms with Crippen molar-refractivity contribution in [3.8, 4) is 12.1 Å². The van der Waals surface area contributed by atoms with Gasteiger partial charge in [-0.3, -0.25) is 4.79 Å². The number of carbonyl (C=O) groups is 1. The van der Waals surface area contributed by atoms with Crippen LogP contribution in [0.5, 0.6) is 0 Å². The number of hydrogen-bond donors (Lipinski definition) is 0. The van der Waals surface area contributed by atoms with Crippen molar-refractivity contribution >= 4 is 5.91 Å². The highest BCUT2D eigenvalue weighted by atomic mass is 16.2. The Morgan fingerprint density at radius 1 is 1.50 bits per heavy atom. The standard InChI is InChI=1S/C11H10N4O/c1-15(6-2-5-12)11(16)10-4-3-9(7-13)8-14-10/h3-4,8H,2,6H2,1H3. The molecule has 0 bridgehead atoms. The topological polar surface area (TPSA) is 80.8 Å². The van der Waals surface area contributed by atoms with Crippen molar-refractivity contribution in [2.45, 2.75) is 6.42 Å². The van der Waals surface area contributed by atoms with Gasteiger partial charge in [0.25, 0.3) is 5.91 Å². The van der Waals surface area contributed by atoms with Crippen molar-refractivity contribution in [2.24, 2.45) is 0 Å². The predicted molar refractivity (Wildman–Crippen MR) is 56.1 cm³/mol. The van der Waals surface area contributed by atoms with Crippen LogP contribution in [0.2, 0.25) is 0 Å². The normalized spacial score (nSPS) is 8.94. The molecule has 0 fully saturated rings. The zero-order valence-electron chi connectivity index (χ0n) is 8.84. The summed E-state index contributed by atoms with van der Waals surface area (Å²) in [7, 11) is 1.61. The molecule has 0 N–H and O–H groups in total. The number of aromatic nitrogens is 1. The van der Waals surface area contributed by atoms with E-state index in [0.717, 1.165) is 0 Å². The largest absolute Gasteiger partial charge is 0.339 e. The smallest absolute Gasteiger partial charge is 0.272 e. The monoisotopic (exact) mass is 214 g/mol.